The number of nitrogens with zero attached hydrogens (tertiary/aromatic N) is 1. The number of likely N-dealkylation sites (N-methyl/N-ethyl adjacent to an activating group) is 1. The molecule has 0 rings (SSSR count). The molecule has 0 heterocycles. The monoisotopic (exact) mass is 215 g/mol. The molecule has 0 N–H and O–H groups in total. The van der Waals surface area contributed by atoms with Gasteiger partial charge in [-0.3, -0.25) is 0 Å². The summed E-state index contributed by atoms with van der Waals surface area (Å²) in [4.78, 5) is 13.2. The van der Waals surface area contributed by atoms with Crippen molar-refractivity contribution in [1.82, 2.24) is 4.90 Å². The van der Waals surface area contributed by atoms with E-state index in [1.807, 2.05) is 13.8 Å². The fourth-order valence-electron chi connectivity index (χ4n) is 0.930. The van der Waals surface area contributed by atoms with Crippen molar-refractivity contribution in [1.29, 1.82) is 0 Å². The minimum atomic E-state index is -0.299. The lowest BCUT2D eigenvalue weighted by Gasteiger charge is -2.17. The van der Waals surface area contributed by atoms with Gasteiger partial charge in [-0.15, -0.1) is 0 Å². The third kappa shape index (κ3) is 9.47. The molecular formula is C12H25NO2. The van der Waals surface area contributed by atoms with Gasteiger partial charge in [0.05, 0.1) is 0 Å². The summed E-state index contributed by atoms with van der Waals surface area (Å²) in [6, 6.07) is 0. The highest BCUT2D eigenvalue weighted by molar-refractivity contribution is 5.86. The minimum Gasteiger partial charge on any atom is -0.461 e. The molecule has 0 fully saturated rings. The second-order valence-electron chi connectivity index (χ2n) is 2.94. The van der Waals surface area contributed by atoms with Crippen LogP contribution in [0.3, 0.4) is 0 Å². The number of hydrogen-bond donors (Lipinski definition) is 0. The molecule has 0 aliphatic heterocycles. The Morgan fingerprint density at radius 3 is 2.07 bits per heavy atom. The zero-order valence-electron chi connectivity index (χ0n) is 10.8. The molecule has 0 spiro atoms. The third-order valence-corrected chi connectivity index (χ3v) is 1.88. The second kappa shape index (κ2) is 11.2. The summed E-state index contributed by atoms with van der Waals surface area (Å²) >= 11 is 0. The van der Waals surface area contributed by atoms with E-state index in [4.69, 9.17) is 4.74 Å². The molecule has 3 heteroatoms. The van der Waals surface area contributed by atoms with Crippen molar-refractivity contribution < 1.29 is 9.53 Å². The van der Waals surface area contributed by atoms with Gasteiger partial charge in [0, 0.05) is 12.1 Å². The van der Waals surface area contributed by atoms with E-state index in [1.54, 1.807) is 6.92 Å². The summed E-state index contributed by atoms with van der Waals surface area (Å²) in [7, 11) is 0. The van der Waals surface area contributed by atoms with Crippen molar-refractivity contribution >= 4 is 5.97 Å². The van der Waals surface area contributed by atoms with Crippen molar-refractivity contribution in [3.63, 3.8) is 0 Å². The van der Waals surface area contributed by atoms with Gasteiger partial charge in [-0.05, 0) is 20.0 Å². The van der Waals surface area contributed by atoms with Crippen LogP contribution in [-0.4, -0.2) is 37.1 Å². The average Bonchev–Trinajstić information content (AvgIpc) is 2.26. The predicted molar refractivity (Wildman–Crippen MR) is 64.9 cm³/mol. The van der Waals surface area contributed by atoms with E-state index in [0.717, 1.165) is 19.6 Å². The first-order valence-electron chi connectivity index (χ1n) is 5.66. The molecule has 0 bridgehead atoms. The Balaban J connectivity index is 0. The van der Waals surface area contributed by atoms with Gasteiger partial charge in [-0.25, -0.2) is 4.79 Å². The lowest BCUT2D eigenvalue weighted by molar-refractivity contribution is -0.139. The molecule has 0 aromatic heterocycles. The maximum atomic E-state index is 11.0. The molecule has 0 saturated carbocycles. The number of esters is 1. The van der Waals surface area contributed by atoms with Crippen LogP contribution >= 0.6 is 0 Å². The second-order valence-corrected chi connectivity index (χ2v) is 2.94. The normalized spacial score (nSPS) is 9.20. The van der Waals surface area contributed by atoms with Gasteiger partial charge >= 0.3 is 5.97 Å². The molecule has 0 aliphatic carbocycles. The van der Waals surface area contributed by atoms with Crippen LogP contribution < -0.4 is 0 Å². The van der Waals surface area contributed by atoms with Gasteiger partial charge in [0.1, 0.15) is 6.61 Å². The van der Waals surface area contributed by atoms with Gasteiger partial charge in [0.15, 0.2) is 0 Å². The van der Waals surface area contributed by atoms with Gasteiger partial charge in [0.25, 0.3) is 0 Å². The summed E-state index contributed by atoms with van der Waals surface area (Å²) in [6.45, 7) is 16.6. The highest BCUT2D eigenvalue weighted by Crippen LogP contribution is 1.93. The van der Waals surface area contributed by atoms with E-state index in [1.165, 1.54) is 0 Å². The Hall–Kier alpha value is -0.830. The van der Waals surface area contributed by atoms with Crippen LogP contribution in [-0.2, 0) is 9.53 Å². The Morgan fingerprint density at radius 2 is 1.73 bits per heavy atom. The molecule has 0 atom stereocenters. The van der Waals surface area contributed by atoms with Gasteiger partial charge in [-0.2, -0.15) is 0 Å². The Morgan fingerprint density at radius 1 is 1.27 bits per heavy atom. The molecule has 0 aromatic rings. The molecule has 90 valence electrons. The largest absolute Gasteiger partial charge is 0.461 e. The number of carbonyl (C=O) groups excluding carboxylic acids is 1. The van der Waals surface area contributed by atoms with E-state index in [2.05, 4.69) is 25.3 Å². The summed E-state index contributed by atoms with van der Waals surface area (Å²) < 4.78 is 4.96. The van der Waals surface area contributed by atoms with Crippen LogP contribution in [0.15, 0.2) is 12.2 Å². The zero-order valence-corrected chi connectivity index (χ0v) is 10.8. The minimum absolute atomic E-state index is 0.299. The van der Waals surface area contributed by atoms with Crippen LogP contribution in [0.1, 0.15) is 34.6 Å². The zero-order chi connectivity index (χ0) is 12.3. The maximum absolute atomic E-state index is 11.0. The van der Waals surface area contributed by atoms with Crippen LogP contribution in [0.5, 0.6) is 0 Å². The van der Waals surface area contributed by atoms with E-state index >= 15 is 0 Å². The maximum Gasteiger partial charge on any atom is 0.333 e. The van der Waals surface area contributed by atoms with E-state index in [0.29, 0.717) is 12.2 Å². The number of carbonyl (C=O) groups is 1. The van der Waals surface area contributed by atoms with Gasteiger partial charge in [-0.1, -0.05) is 34.3 Å². The molecule has 0 saturated heterocycles. The number of rotatable bonds is 6. The van der Waals surface area contributed by atoms with Crippen LogP contribution in [0.4, 0.5) is 0 Å². The first-order valence-corrected chi connectivity index (χ1v) is 5.66. The molecule has 0 aromatic carbocycles. The Bertz CT molecular complexity index is 174. The Kier molecular flexibility index (Phi) is 12.4. The van der Waals surface area contributed by atoms with Crippen molar-refractivity contribution in [3.8, 4) is 0 Å². The molecule has 15 heavy (non-hydrogen) atoms. The fourth-order valence-corrected chi connectivity index (χ4v) is 0.930. The highest BCUT2D eigenvalue weighted by atomic mass is 16.5. The SMILES string of the molecule is C=C(C)C(=O)OCCN(CC)CC.CC. The topological polar surface area (TPSA) is 29.5 Å². The van der Waals surface area contributed by atoms with Crippen LogP contribution in [0.2, 0.25) is 0 Å². The summed E-state index contributed by atoms with van der Waals surface area (Å²) in [5, 5.41) is 0. The summed E-state index contributed by atoms with van der Waals surface area (Å²) in [5.41, 5.74) is 0.458. The van der Waals surface area contributed by atoms with Gasteiger partial charge < -0.3 is 9.64 Å². The first kappa shape index (κ1) is 16.6. The highest BCUT2D eigenvalue weighted by Gasteiger charge is 2.04. The van der Waals surface area contributed by atoms with Crippen LogP contribution in [0.25, 0.3) is 0 Å². The molecule has 0 aliphatic rings. The van der Waals surface area contributed by atoms with Crippen molar-refractivity contribution in [3.05, 3.63) is 12.2 Å². The molecular weight excluding hydrogens is 190 g/mol. The summed E-state index contributed by atoms with van der Waals surface area (Å²) in [5.74, 6) is -0.299. The van der Waals surface area contributed by atoms with E-state index < -0.39 is 0 Å². The quantitative estimate of drug-likeness (QED) is 0.503. The van der Waals surface area contributed by atoms with Gasteiger partial charge in [0.2, 0.25) is 0 Å². The molecule has 0 unspecified atom stereocenters. The number of ether oxygens (including phenoxy) is 1. The third-order valence-electron chi connectivity index (χ3n) is 1.88. The molecule has 0 radical (unpaired) electrons. The van der Waals surface area contributed by atoms with Crippen molar-refractivity contribution in [2.45, 2.75) is 34.6 Å². The summed E-state index contributed by atoms with van der Waals surface area (Å²) in [6.07, 6.45) is 0. The van der Waals surface area contributed by atoms with E-state index in [-0.39, 0.29) is 5.97 Å². The number of hydrogen-bond acceptors (Lipinski definition) is 3. The standard InChI is InChI=1S/C10H19NO2.C2H6/c1-5-11(6-2)7-8-13-10(12)9(3)4;1-2/h3,5-8H2,1-2,4H3;1-2H3. The van der Waals surface area contributed by atoms with E-state index in [9.17, 15) is 4.79 Å². The Labute approximate surface area is 94.1 Å². The lowest BCUT2D eigenvalue weighted by Crippen LogP contribution is -2.27. The lowest BCUT2D eigenvalue weighted by atomic mass is 10.4. The van der Waals surface area contributed by atoms with Crippen LogP contribution in [0, 0.1) is 0 Å². The average molecular weight is 215 g/mol. The smallest absolute Gasteiger partial charge is 0.333 e. The molecule has 3 nitrogen and oxygen atoms in total. The molecule has 0 amide bonds. The first-order chi connectivity index (χ1) is 7.11. The van der Waals surface area contributed by atoms with Crippen molar-refractivity contribution in [2.24, 2.45) is 0 Å². The predicted octanol–water partition coefficient (Wildman–Crippen LogP) is 2.47. The fraction of sp³-hybridized carbons (Fsp3) is 0.750. The van der Waals surface area contributed by atoms with Crippen molar-refractivity contribution in [2.75, 3.05) is 26.2 Å².